The van der Waals surface area contributed by atoms with E-state index in [0.29, 0.717) is 16.4 Å². The van der Waals surface area contributed by atoms with Crippen LogP contribution in [0.25, 0.3) is 16.7 Å². The molecule has 0 saturated carbocycles. The molecule has 5 nitrogen and oxygen atoms in total. The van der Waals surface area contributed by atoms with Gasteiger partial charge in [0, 0.05) is 17.6 Å². The molecule has 0 fully saturated rings. The molecule has 6 heteroatoms. The number of hydrogen-bond donors (Lipinski definition) is 2. The van der Waals surface area contributed by atoms with Crippen LogP contribution in [0, 0.1) is 0 Å². The van der Waals surface area contributed by atoms with Gasteiger partial charge >= 0.3 is 0 Å². The first-order valence-electron chi connectivity index (χ1n) is 7.38. The average Bonchev–Trinajstić information content (AvgIpc) is 3.22. The Balaban J connectivity index is 1.57. The van der Waals surface area contributed by atoms with Crippen molar-refractivity contribution in [1.82, 2.24) is 14.5 Å². The fraction of sp³-hybridized carbons (Fsp3) is 0. The molecule has 0 spiro atoms. The van der Waals surface area contributed by atoms with Gasteiger partial charge in [0.05, 0.1) is 16.1 Å². The molecule has 2 aromatic heterocycles. The van der Waals surface area contributed by atoms with Gasteiger partial charge in [0.2, 0.25) is 0 Å². The summed E-state index contributed by atoms with van der Waals surface area (Å²) >= 11 is 5.81. The largest absolute Gasteiger partial charge is 0.356 e. The number of fused-ring (bicyclic) bond motifs is 1. The molecular weight excluding hydrogens is 324 g/mol. The van der Waals surface area contributed by atoms with Crippen molar-refractivity contribution in [1.29, 1.82) is 0 Å². The van der Waals surface area contributed by atoms with E-state index >= 15 is 0 Å². The SMILES string of the molecule is O=C(Nc1ccc(-n2cnc3ccccc32)cc1)c1cc(Cl)c[nH]1. The Morgan fingerprint density at radius 2 is 1.92 bits per heavy atom. The highest BCUT2D eigenvalue weighted by Gasteiger charge is 2.09. The summed E-state index contributed by atoms with van der Waals surface area (Å²) in [6.07, 6.45) is 3.36. The van der Waals surface area contributed by atoms with E-state index in [2.05, 4.69) is 15.3 Å². The number of nitrogens with one attached hydrogen (secondary N) is 2. The molecule has 24 heavy (non-hydrogen) atoms. The Labute approximate surface area is 142 Å². The molecule has 0 aliphatic rings. The molecule has 0 bridgehead atoms. The van der Waals surface area contributed by atoms with E-state index in [9.17, 15) is 4.79 Å². The molecule has 0 aliphatic heterocycles. The number of para-hydroxylation sites is 2. The van der Waals surface area contributed by atoms with E-state index in [-0.39, 0.29) is 5.91 Å². The second-order valence-electron chi connectivity index (χ2n) is 5.34. The van der Waals surface area contributed by atoms with E-state index < -0.39 is 0 Å². The fourth-order valence-electron chi connectivity index (χ4n) is 2.57. The predicted octanol–water partition coefficient (Wildman–Crippen LogP) is 4.26. The topological polar surface area (TPSA) is 62.7 Å². The van der Waals surface area contributed by atoms with Crippen molar-refractivity contribution in [3.8, 4) is 5.69 Å². The zero-order chi connectivity index (χ0) is 16.5. The number of amides is 1. The van der Waals surface area contributed by atoms with Crippen molar-refractivity contribution in [3.63, 3.8) is 0 Å². The van der Waals surface area contributed by atoms with Gasteiger partial charge in [-0.1, -0.05) is 23.7 Å². The van der Waals surface area contributed by atoms with E-state index in [1.54, 1.807) is 18.6 Å². The maximum atomic E-state index is 12.1. The summed E-state index contributed by atoms with van der Waals surface area (Å²) in [6, 6.07) is 17.1. The maximum absolute atomic E-state index is 12.1. The van der Waals surface area contributed by atoms with Crippen LogP contribution >= 0.6 is 11.6 Å². The van der Waals surface area contributed by atoms with Crippen molar-refractivity contribution in [3.05, 3.63) is 77.8 Å². The molecule has 0 saturated heterocycles. The van der Waals surface area contributed by atoms with Crippen LogP contribution in [-0.2, 0) is 0 Å². The van der Waals surface area contributed by atoms with Crippen LogP contribution in [-0.4, -0.2) is 20.4 Å². The zero-order valence-electron chi connectivity index (χ0n) is 12.5. The third-order valence-electron chi connectivity index (χ3n) is 3.75. The van der Waals surface area contributed by atoms with Gasteiger partial charge in [0.25, 0.3) is 5.91 Å². The average molecular weight is 337 g/mol. The van der Waals surface area contributed by atoms with Crippen LogP contribution in [0.15, 0.2) is 67.1 Å². The number of carbonyl (C=O) groups excluding carboxylic acids is 1. The molecular formula is C18H13ClN4O. The number of carbonyl (C=O) groups is 1. The number of aromatic nitrogens is 3. The number of aromatic amines is 1. The fourth-order valence-corrected chi connectivity index (χ4v) is 2.73. The van der Waals surface area contributed by atoms with Crippen LogP contribution in [0.1, 0.15) is 10.5 Å². The molecule has 4 rings (SSSR count). The van der Waals surface area contributed by atoms with E-state index in [4.69, 9.17) is 11.6 Å². The minimum absolute atomic E-state index is 0.234. The van der Waals surface area contributed by atoms with Crippen molar-refractivity contribution in [2.45, 2.75) is 0 Å². The highest BCUT2D eigenvalue weighted by Crippen LogP contribution is 2.20. The first-order chi connectivity index (χ1) is 11.7. The summed E-state index contributed by atoms with van der Waals surface area (Å²) in [5.74, 6) is -0.234. The van der Waals surface area contributed by atoms with E-state index in [1.165, 1.54) is 0 Å². The third kappa shape index (κ3) is 2.66. The Morgan fingerprint density at radius 1 is 1.12 bits per heavy atom. The molecule has 2 N–H and O–H groups in total. The summed E-state index contributed by atoms with van der Waals surface area (Å²) in [5, 5.41) is 3.33. The van der Waals surface area contributed by atoms with Gasteiger partial charge in [-0.25, -0.2) is 4.98 Å². The monoisotopic (exact) mass is 336 g/mol. The van der Waals surface area contributed by atoms with Crippen LogP contribution < -0.4 is 5.32 Å². The minimum atomic E-state index is -0.234. The zero-order valence-corrected chi connectivity index (χ0v) is 13.3. The normalized spacial score (nSPS) is 10.9. The number of hydrogen-bond acceptors (Lipinski definition) is 2. The summed E-state index contributed by atoms with van der Waals surface area (Å²) in [5.41, 5.74) is 4.09. The highest BCUT2D eigenvalue weighted by molar-refractivity contribution is 6.31. The number of halogens is 1. The highest BCUT2D eigenvalue weighted by atomic mass is 35.5. The molecule has 118 valence electrons. The standard InChI is InChI=1S/C18H13ClN4O/c19-12-9-16(20-10-12)18(24)22-13-5-7-14(8-6-13)23-11-21-15-3-1-2-4-17(15)23/h1-11,20H,(H,22,24). The van der Waals surface area contributed by atoms with Crippen molar-refractivity contribution in [2.24, 2.45) is 0 Å². The Morgan fingerprint density at radius 3 is 2.67 bits per heavy atom. The summed E-state index contributed by atoms with van der Waals surface area (Å²) < 4.78 is 2.01. The van der Waals surface area contributed by atoms with Gasteiger partial charge in [-0.05, 0) is 42.5 Å². The van der Waals surface area contributed by atoms with Gasteiger partial charge < -0.3 is 10.3 Å². The Kier molecular flexibility index (Phi) is 3.55. The van der Waals surface area contributed by atoms with Crippen molar-refractivity contribution >= 4 is 34.2 Å². The van der Waals surface area contributed by atoms with Gasteiger partial charge in [-0.3, -0.25) is 9.36 Å². The number of imidazole rings is 1. The molecule has 0 unspecified atom stereocenters. The molecule has 0 atom stereocenters. The second-order valence-corrected chi connectivity index (χ2v) is 5.77. The van der Waals surface area contributed by atoms with E-state index in [1.807, 2.05) is 53.1 Å². The lowest BCUT2D eigenvalue weighted by atomic mass is 10.2. The smallest absolute Gasteiger partial charge is 0.272 e. The van der Waals surface area contributed by atoms with Crippen molar-refractivity contribution < 1.29 is 4.79 Å². The number of anilines is 1. The van der Waals surface area contributed by atoms with Gasteiger partial charge in [-0.2, -0.15) is 0 Å². The summed E-state index contributed by atoms with van der Waals surface area (Å²) in [6.45, 7) is 0. The number of H-pyrrole nitrogens is 1. The quantitative estimate of drug-likeness (QED) is 0.587. The minimum Gasteiger partial charge on any atom is -0.356 e. The van der Waals surface area contributed by atoms with Gasteiger partial charge in [-0.15, -0.1) is 0 Å². The summed E-state index contributed by atoms with van der Waals surface area (Å²) in [4.78, 5) is 19.3. The second kappa shape index (κ2) is 5.86. The molecule has 2 heterocycles. The lowest BCUT2D eigenvalue weighted by Crippen LogP contribution is -2.12. The Hall–Kier alpha value is -3.05. The number of nitrogens with zero attached hydrogens (tertiary/aromatic N) is 2. The van der Waals surface area contributed by atoms with Crippen LogP contribution in [0.2, 0.25) is 5.02 Å². The van der Waals surface area contributed by atoms with Crippen LogP contribution in [0.5, 0.6) is 0 Å². The molecule has 1 amide bonds. The molecule has 0 radical (unpaired) electrons. The molecule has 0 aliphatic carbocycles. The third-order valence-corrected chi connectivity index (χ3v) is 3.97. The lowest BCUT2D eigenvalue weighted by molar-refractivity contribution is 0.102. The van der Waals surface area contributed by atoms with Gasteiger partial charge in [0.1, 0.15) is 12.0 Å². The van der Waals surface area contributed by atoms with Gasteiger partial charge in [0.15, 0.2) is 0 Å². The molecule has 4 aromatic rings. The Bertz CT molecular complexity index is 1020. The predicted molar refractivity (Wildman–Crippen MR) is 94.8 cm³/mol. The van der Waals surface area contributed by atoms with Crippen LogP contribution in [0.4, 0.5) is 5.69 Å². The number of benzene rings is 2. The summed E-state index contributed by atoms with van der Waals surface area (Å²) in [7, 11) is 0. The van der Waals surface area contributed by atoms with Crippen LogP contribution in [0.3, 0.4) is 0 Å². The first kappa shape index (κ1) is 14.5. The number of rotatable bonds is 3. The lowest BCUT2D eigenvalue weighted by Gasteiger charge is -2.07. The maximum Gasteiger partial charge on any atom is 0.272 e. The first-order valence-corrected chi connectivity index (χ1v) is 7.76. The molecule has 2 aromatic carbocycles. The van der Waals surface area contributed by atoms with E-state index in [0.717, 1.165) is 16.7 Å². The van der Waals surface area contributed by atoms with Crippen molar-refractivity contribution in [2.75, 3.05) is 5.32 Å².